The number of ether oxygens (including phenoxy) is 1. The van der Waals surface area contributed by atoms with Gasteiger partial charge in [0.1, 0.15) is 5.69 Å². The largest absolute Gasteiger partial charge is 0.438 e. The van der Waals surface area contributed by atoms with Gasteiger partial charge in [-0.25, -0.2) is 4.79 Å². The summed E-state index contributed by atoms with van der Waals surface area (Å²) >= 11 is 0. The Balaban J connectivity index is 1.96. The number of carbonyl (C=O) groups excluding carboxylic acids is 2. The van der Waals surface area contributed by atoms with E-state index in [1.54, 1.807) is 27.0 Å². The van der Waals surface area contributed by atoms with Gasteiger partial charge in [0.25, 0.3) is 5.91 Å². The van der Waals surface area contributed by atoms with Crippen molar-refractivity contribution in [1.82, 2.24) is 20.0 Å². The van der Waals surface area contributed by atoms with Crippen molar-refractivity contribution in [3.8, 4) is 0 Å². The molecule has 2 amide bonds. The smallest absolute Gasteiger partial charge is 0.412 e. The minimum absolute atomic E-state index is 0.158. The molecular formula is C14H22N4O4. The highest BCUT2D eigenvalue weighted by molar-refractivity contribution is 5.92. The van der Waals surface area contributed by atoms with Gasteiger partial charge in [-0.15, -0.1) is 0 Å². The molecule has 0 aliphatic carbocycles. The lowest BCUT2D eigenvalue weighted by Crippen LogP contribution is -2.56. The fourth-order valence-corrected chi connectivity index (χ4v) is 2.49. The van der Waals surface area contributed by atoms with Crippen LogP contribution < -0.4 is 5.32 Å². The Morgan fingerprint density at radius 2 is 2.18 bits per heavy atom. The van der Waals surface area contributed by atoms with Crippen LogP contribution in [0.15, 0.2) is 12.3 Å². The zero-order valence-corrected chi connectivity index (χ0v) is 13.3. The third-order valence-corrected chi connectivity index (χ3v) is 4.41. The van der Waals surface area contributed by atoms with Crippen LogP contribution in [0, 0.1) is 0 Å². The first kappa shape index (κ1) is 16.3. The number of hydrogen-bond donors (Lipinski definition) is 2. The van der Waals surface area contributed by atoms with E-state index in [9.17, 15) is 14.7 Å². The van der Waals surface area contributed by atoms with Crippen molar-refractivity contribution in [2.45, 2.75) is 38.5 Å². The molecule has 8 nitrogen and oxygen atoms in total. The van der Waals surface area contributed by atoms with Crippen LogP contribution in [0.5, 0.6) is 0 Å². The van der Waals surface area contributed by atoms with E-state index in [-0.39, 0.29) is 19.0 Å². The number of aromatic nitrogens is 2. The molecule has 2 N–H and O–H groups in total. The molecule has 1 saturated heterocycles. The standard InChI is InChI=1S/C14H22N4O4/c1-5-13(2)14(3,21)18(12(20)22-13)9-8-15-11(19)10-6-7-16-17(10)4/h6-7,21H,5,8-9H2,1-4H3,(H,15,19)/t13-,14+/m1/s1. The summed E-state index contributed by atoms with van der Waals surface area (Å²) in [6.07, 6.45) is 1.44. The maximum absolute atomic E-state index is 12.0. The molecule has 0 saturated carbocycles. The lowest BCUT2D eigenvalue weighted by molar-refractivity contribution is -0.136. The van der Waals surface area contributed by atoms with Gasteiger partial charge in [-0.2, -0.15) is 5.10 Å². The van der Waals surface area contributed by atoms with Gasteiger partial charge in [0.15, 0.2) is 11.3 Å². The van der Waals surface area contributed by atoms with Crippen molar-refractivity contribution in [3.05, 3.63) is 18.0 Å². The molecule has 1 aromatic rings. The molecule has 2 heterocycles. The van der Waals surface area contributed by atoms with Crippen molar-refractivity contribution in [1.29, 1.82) is 0 Å². The quantitative estimate of drug-likeness (QED) is 0.824. The number of carbonyl (C=O) groups is 2. The van der Waals surface area contributed by atoms with Crippen molar-refractivity contribution < 1.29 is 19.4 Å². The first-order chi connectivity index (χ1) is 10.2. The second kappa shape index (κ2) is 5.60. The summed E-state index contributed by atoms with van der Waals surface area (Å²) in [6, 6.07) is 1.60. The van der Waals surface area contributed by atoms with Crippen LogP contribution in [0.3, 0.4) is 0 Å². The monoisotopic (exact) mass is 310 g/mol. The Kier molecular flexibility index (Phi) is 4.15. The maximum atomic E-state index is 12.0. The van der Waals surface area contributed by atoms with E-state index < -0.39 is 17.4 Å². The second-order valence-electron chi connectivity index (χ2n) is 5.72. The van der Waals surface area contributed by atoms with Crippen LogP contribution in [0.2, 0.25) is 0 Å². The molecule has 22 heavy (non-hydrogen) atoms. The average Bonchev–Trinajstić information content (AvgIpc) is 2.94. The van der Waals surface area contributed by atoms with Crippen molar-refractivity contribution in [2.75, 3.05) is 13.1 Å². The van der Waals surface area contributed by atoms with Gasteiger partial charge in [0.05, 0.1) is 0 Å². The molecule has 1 fully saturated rings. The van der Waals surface area contributed by atoms with Crippen LogP contribution in [0.1, 0.15) is 37.7 Å². The van der Waals surface area contributed by atoms with E-state index in [0.29, 0.717) is 12.1 Å². The third kappa shape index (κ3) is 2.54. The van der Waals surface area contributed by atoms with E-state index in [2.05, 4.69) is 10.4 Å². The number of amides is 2. The zero-order chi connectivity index (χ0) is 16.5. The predicted octanol–water partition coefficient (Wildman–Crippen LogP) is 0.479. The van der Waals surface area contributed by atoms with Crippen LogP contribution in [0.25, 0.3) is 0 Å². The highest BCUT2D eigenvalue weighted by Gasteiger charge is 2.58. The van der Waals surface area contributed by atoms with Crippen LogP contribution in [-0.2, 0) is 11.8 Å². The van der Waals surface area contributed by atoms with E-state index in [4.69, 9.17) is 4.74 Å². The topological polar surface area (TPSA) is 96.7 Å². The second-order valence-corrected chi connectivity index (χ2v) is 5.72. The molecule has 1 aliphatic rings. The Bertz CT molecular complexity index is 583. The lowest BCUT2D eigenvalue weighted by Gasteiger charge is -2.36. The number of aliphatic hydroxyl groups is 1. The number of nitrogens with one attached hydrogen (secondary N) is 1. The molecule has 0 bridgehead atoms. The Hall–Kier alpha value is -2.09. The number of aryl methyl sites for hydroxylation is 1. The highest BCUT2D eigenvalue weighted by Crippen LogP contribution is 2.39. The summed E-state index contributed by atoms with van der Waals surface area (Å²) in [6.45, 7) is 5.44. The normalized spacial score (nSPS) is 27.9. The molecular weight excluding hydrogens is 288 g/mol. The Morgan fingerprint density at radius 3 is 2.68 bits per heavy atom. The zero-order valence-electron chi connectivity index (χ0n) is 13.3. The Morgan fingerprint density at radius 1 is 1.50 bits per heavy atom. The first-order valence-electron chi connectivity index (χ1n) is 7.22. The minimum atomic E-state index is -1.42. The predicted molar refractivity (Wildman–Crippen MR) is 78.0 cm³/mol. The number of cyclic esters (lactones) is 1. The molecule has 0 spiro atoms. The summed E-state index contributed by atoms with van der Waals surface area (Å²) in [4.78, 5) is 25.1. The van der Waals surface area contributed by atoms with E-state index >= 15 is 0 Å². The number of nitrogens with zero attached hydrogens (tertiary/aromatic N) is 3. The van der Waals surface area contributed by atoms with Gasteiger partial charge in [0, 0.05) is 26.3 Å². The molecule has 1 aliphatic heterocycles. The number of hydrogen-bond acceptors (Lipinski definition) is 5. The van der Waals surface area contributed by atoms with Gasteiger partial charge in [-0.1, -0.05) is 6.92 Å². The highest BCUT2D eigenvalue weighted by atomic mass is 16.6. The molecule has 0 radical (unpaired) electrons. The fraction of sp³-hybridized carbons (Fsp3) is 0.643. The molecule has 0 aromatic carbocycles. The van der Waals surface area contributed by atoms with Crippen molar-refractivity contribution in [2.24, 2.45) is 7.05 Å². The molecule has 1 aromatic heterocycles. The fourth-order valence-electron chi connectivity index (χ4n) is 2.49. The summed E-state index contributed by atoms with van der Waals surface area (Å²) in [5, 5.41) is 17.2. The van der Waals surface area contributed by atoms with E-state index in [1.165, 1.54) is 15.8 Å². The van der Waals surface area contributed by atoms with E-state index in [1.807, 2.05) is 6.92 Å². The lowest BCUT2D eigenvalue weighted by atomic mass is 9.91. The van der Waals surface area contributed by atoms with Crippen molar-refractivity contribution in [3.63, 3.8) is 0 Å². The van der Waals surface area contributed by atoms with Crippen LogP contribution >= 0.6 is 0 Å². The molecule has 2 atom stereocenters. The molecule has 122 valence electrons. The third-order valence-electron chi connectivity index (χ3n) is 4.41. The summed E-state index contributed by atoms with van der Waals surface area (Å²) in [5.74, 6) is -0.287. The maximum Gasteiger partial charge on any atom is 0.412 e. The van der Waals surface area contributed by atoms with Gasteiger partial charge in [-0.3, -0.25) is 14.4 Å². The summed E-state index contributed by atoms with van der Waals surface area (Å²) < 4.78 is 6.75. The molecule has 2 rings (SSSR count). The number of rotatable bonds is 5. The van der Waals surface area contributed by atoms with Gasteiger partial charge >= 0.3 is 6.09 Å². The van der Waals surface area contributed by atoms with Gasteiger partial charge < -0.3 is 15.2 Å². The molecule has 8 heteroatoms. The van der Waals surface area contributed by atoms with Gasteiger partial charge in [-0.05, 0) is 26.3 Å². The van der Waals surface area contributed by atoms with Gasteiger partial charge in [0.2, 0.25) is 0 Å². The van der Waals surface area contributed by atoms with Crippen molar-refractivity contribution >= 4 is 12.0 Å². The SMILES string of the molecule is CC[C@@]1(C)OC(=O)N(CCNC(=O)c2ccnn2C)[C@@]1(C)O. The molecule has 0 unspecified atom stereocenters. The summed E-state index contributed by atoms with van der Waals surface area (Å²) in [7, 11) is 1.67. The van der Waals surface area contributed by atoms with Crippen LogP contribution in [-0.4, -0.2) is 56.2 Å². The van der Waals surface area contributed by atoms with Crippen LogP contribution in [0.4, 0.5) is 4.79 Å². The average molecular weight is 310 g/mol. The first-order valence-corrected chi connectivity index (χ1v) is 7.22. The minimum Gasteiger partial charge on any atom is -0.438 e. The van der Waals surface area contributed by atoms with E-state index in [0.717, 1.165) is 0 Å². The summed E-state index contributed by atoms with van der Waals surface area (Å²) in [5.41, 5.74) is -1.96. The Labute approximate surface area is 129 Å².